The summed E-state index contributed by atoms with van der Waals surface area (Å²) in [5.41, 5.74) is 9.02. The average Bonchev–Trinajstić information content (AvgIpc) is 3.29. The number of nitrogens with zero attached hydrogens (tertiary/aromatic N) is 3. The molecule has 8 nitrogen and oxygen atoms in total. The van der Waals surface area contributed by atoms with Gasteiger partial charge in [0.1, 0.15) is 11.6 Å². The molecule has 0 radical (unpaired) electrons. The number of hydrogen-bond acceptors (Lipinski definition) is 5. The highest BCUT2D eigenvalue weighted by molar-refractivity contribution is 6.11. The van der Waals surface area contributed by atoms with Crippen molar-refractivity contribution in [1.29, 1.82) is 0 Å². The quantitative estimate of drug-likeness (QED) is 0.319. The molecule has 1 saturated heterocycles. The van der Waals surface area contributed by atoms with Crippen molar-refractivity contribution in [2.75, 3.05) is 38.2 Å². The summed E-state index contributed by atoms with van der Waals surface area (Å²) in [5, 5.41) is 10.5. The van der Waals surface area contributed by atoms with Crippen LogP contribution in [0.5, 0.6) is 0 Å². The summed E-state index contributed by atoms with van der Waals surface area (Å²) in [7, 11) is 4.10. The number of benzene rings is 3. The number of halogens is 2. The Kier molecular flexibility index (Phi) is 7.30. The first-order valence-corrected chi connectivity index (χ1v) is 12.8. The van der Waals surface area contributed by atoms with Gasteiger partial charge in [-0.25, -0.2) is 8.78 Å². The van der Waals surface area contributed by atoms with Crippen molar-refractivity contribution >= 4 is 34.2 Å². The van der Waals surface area contributed by atoms with Crippen LogP contribution in [0.3, 0.4) is 0 Å². The summed E-state index contributed by atoms with van der Waals surface area (Å²) in [6.45, 7) is 1.35. The van der Waals surface area contributed by atoms with Gasteiger partial charge in [0.2, 0.25) is 0 Å². The maximum absolute atomic E-state index is 13.6. The second-order valence-electron chi connectivity index (χ2n) is 10.1. The lowest BCUT2D eigenvalue weighted by Gasteiger charge is -2.35. The van der Waals surface area contributed by atoms with E-state index in [-0.39, 0.29) is 17.2 Å². The van der Waals surface area contributed by atoms with Gasteiger partial charge in [-0.05, 0) is 86.9 Å². The molecule has 0 bridgehead atoms. The molecule has 0 saturated carbocycles. The molecule has 4 aromatic rings. The lowest BCUT2D eigenvalue weighted by Crippen LogP contribution is -2.44. The summed E-state index contributed by atoms with van der Waals surface area (Å²) in [5.74, 6) is -1.55. The Bertz CT molecular complexity index is 1520. The highest BCUT2D eigenvalue weighted by atomic mass is 19.1. The van der Waals surface area contributed by atoms with Gasteiger partial charge < -0.3 is 20.9 Å². The maximum Gasteiger partial charge on any atom is 0.258 e. The van der Waals surface area contributed by atoms with E-state index in [9.17, 15) is 18.4 Å². The molecule has 2 heterocycles. The lowest BCUT2D eigenvalue weighted by atomic mass is 10.0. The molecule has 1 aromatic heterocycles. The molecular weight excluding hydrogens is 502 g/mol. The third kappa shape index (κ3) is 5.75. The van der Waals surface area contributed by atoms with Gasteiger partial charge in [-0.15, -0.1) is 0 Å². The number of H-pyrrole nitrogens is 1. The number of nitrogen functional groups attached to an aromatic ring is 1. The van der Waals surface area contributed by atoms with Crippen molar-refractivity contribution < 1.29 is 18.4 Å². The molecule has 0 unspecified atom stereocenters. The molecule has 1 aliphatic heterocycles. The number of aromatic nitrogens is 2. The Morgan fingerprint density at radius 3 is 2.41 bits per heavy atom. The summed E-state index contributed by atoms with van der Waals surface area (Å²) < 4.78 is 27.2. The zero-order valence-electron chi connectivity index (χ0n) is 21.8. The fraction of sp³-hybridized carbons (Fsp3) is 0.276. The fourth-order valence-electron chi connectivity index (χ4n) is 5.06. The van der Waals surface area contributed by atoms with Crippen molar-refractivity contribution in [1.82, 2.24) is 20.0 Å². The lowest BCUT2D eigenvalue weighted by molar-refractivity contribution is 0.0663. The minimum Gasteiger partial charge on any atom is -0.398 e. The fourth-order valence-corrected chi connectivity index (χ4v) is 5.06. The number of carbonyl (C=O) groups is 2. The van der Waals surface area contributed by atoms with E-state index in [1.54, 1.807) is 18.2 Å². The van der Waals surface area contributed by atoms with E-state index in [1.807, 2.05) is 31.1 Å². The molecule has 0 spiro atoms. The van der Waals surface area contributed by atoms with Crippen LogP contribution in [0.15, 0.2) is 54.6 Å². The Morgan fingerprint density at radius 2 is 1.74 bits per heavy atom. The number of hydrogen-bond donors (Lipinski definition) is 3. The molecular formula is C29H30F2N6O2. The molecule has 1 fully saturated rings. The molecule has 39 heavy (non-hydrogen) atoms. The highest BCUT2D eigenvalue weighted by Crippen LogP contribution is 2.26. The number of amides is 2. The summed E-state index contributed by atoms with van der Waals surface area (Å²) in [6.07, 6.45) is 2.12. The molecule has 5 rings (SSSR count). The minimum atomic E-state index is -0.637. The summed E-state index contributed by atoms with van der Waals surface area (Å²) >= 11 is 0. The van der Waals surface area contributed by atoms with Gasteiger partial charge in [-0.2, -0.15) is 5.10 Å². The third-order valence-corrected chi connectivity index (χ3v) is 7.21. The number of fused-ring (bicyclic) bond motifs is 1. The van der Waals surface area contributed by atoms with E-state index in [4.69, 9.17) is 5.73 Å². The van der Waals surface area contributed by atoms with Gasteiger partial charge in [0, 0.05) is 41.8 Å². The Hall–Kier alpha value is -4.31. The van der Waals surface area contributed by atoms with Crippen LogP contribution in [0.2, 0.25) is 0 Å². The van der Waals surface area contributed by atoms with Crippen LogP contribution in [0.25, 0.3) is 10.9 Å². The first kappa shape index (κ1) is 26.3. The van der Waals surface area contributed by atoms with Crippen molar-refractivity contribution in [3.63, 3.8) is 0 Å². The molecule has 3 aromatic carbocycles. The average molecular weight is 533 g/mol. The van der Waals surface area contributed by atoms with Gasteiger partial charge in [0.15, 0.2) is 5.82 Å². The predicted molar refractivity (Wildman–Crippen MR) is 147 cm³/mol. The first-order valence-electron chi connectivity index (χ1n) is 12.8. The second-order valence-corrected chi connectivity index (χ2v) is 10.1. The number of nitrogens with two attached hydrogens (primary N) is 1. The van der Waals surface area contributed by atoms with Crippen LogP contribution in [0.1, 0.15) is 44.7 Å². The van der Waals surface area contributed by atoms with Crippen LogP contribution < -0.4 is 11.1 Å². The van der Waals surface area contributed by atoms with Crippen molar-refractivity contribution in [2.24, 2.45) is 0 Å². The molecule has 2 amide bonds. The number of piperidine rings is 1. The number of nitrogens with one attached hydrogen (secondary N) is 2. The SMILES string of the molecule is CN(C)C1CCN(C(=O)c2ccc(C(=O)Nc3n[nH]c4ccc(Cc5cc(F)cc(F)c5)cc34)c(N)c2)CC1. The molecule has 0 aliphatic carbocycles. The molecule has 1 aliphatic rings. The number of likely N-dealkylation sites (tertiary alicyclic amines) is 1. The number of rotatable bonds is 6. The number of aromatic amines is 1. The Morgan fingerprint density at radius 1 is 1.03 bits per heavy atom. The van der Waals surface area contributed by atoms with Gasteiger partial charge in [0.25, 0.3) is 11.8 Å². The van der Waals surface area contributed by atoms with Crippen molar-refractivity contribution in [3.05, 3.63) is 88.5 Å². The first-order chi connectivity index (χ1) is 18.7. The summed E-state index contributed by atoms with van der Waals surface area (Å²) in [6, 6.07) is 14.0. The zero-order valence-corrected chi connectivity index (χ0v) is 21.8. The van der Waals surface area contributed by atoms with E-state index in [0.717, 1.165) is 24.5 Å². The van der Waals surface area contributed by atoms with Crippen molar-refractivity contribution in [3.8, 4) is 0 Å². The van der Waals surface area contributed by atoms with E-state index in [0.29, 0.717) is 53.4 Å². The van der Waals surface area contributed by atoms with Gasteiger partial charge >= 0.3 is 0 Å². The predicted octanol–water partition coefficient (Wildman–Crippen LogP) is 4.43. The van der Waals surface area contributed by atoms with Gasteiger partial charge in [0.05, 0.1) is 11.1 Å². The van der Waals surface area contributed by atoms with Crippen LogP contribution in [-0.2, 0) is 6.42 Å². The van der Waals surface area contributed by atoms with E-state index < -0.39 is 17.5 Å². The monoisotopic (exact) mass is 532 g/mol. The topological polar surface area (TPSA) is 107 Å². The van der Waals surface area contributed by atoms with Gasteiger partial charge in [-0.1, -0.05) is 6.07 Å². The highest BCUT2D eigenvalue weighted by Gasteiger charge is 2.25. The third-order valence-electron chi connectivity index (χ3n) is 7.21. The van der Waals surface area contributed by atoms with Crippen LogP contribution >= 0.6 is 0 Å². The number of anilines is 2. The largest absolute Gasteiger partial charge is 0.398 e. The Balaban J connectivity index is 1.30. The van der Waals surface area contributed by atoms with E-state index in [2.05, 4.69) is 20.4 Å². The van der Waals surface area contributed by atoms with Crippen molar-refractivity contribution in [2.45, 2.75) is 25.3 Å². The van der Waals surface area contributed by atoms with E-state index in [1.165, 1.54) is 18.2 Å². The molecule has 202 valence electrons. The second kappa shape index (κ2) is 10.8. The maximum atomic E-state index is 13.6. The molecule has 10 heteroatoms. The van der Waals surface area contributed by atoms with Crippen LogP contribution in [-0.4, -0.2) is 65.0 Å². The molecule has 0 atom stereocenters. The standard InChI is InChI=1S/C29H30F2N6O2/c1-36(2)22-7-9-37(10-8-22)29(39)19-4-5-23(25(32)15-19)28(38)33-27-24-14-17(3-6-26(24)34-35-27)11-18-12-20(30)16-21(31)13-18/h3-6,12-16,22H,7-11,32H2,1-2H3,(H2,33,34,35,38). The molecule has 4 N–H and O–H groups in total. The van der Waals surface area contributed by atoms with Gasteiger partial charge in [-0.3, -0.25) is 14.7 Å². The minimum absolute atomic E-state index is 0.102. The van der Waals surface area contributed by atoms with Crippen LogP contribution in [0.4, 0.5) is 20.3 Å². The normalized spacial score (nSPS) is 14.2. The van der Waals surface area contributed by atoms with Crippen LogP contribution in [0, 0.1) is 11.6 Å². The smallest absolute Gasteiger partial charge is 0.258 e. The Labute approximate surface area is 224 Å². The zero-order chi connectivity index (χ0) is 27.7. The summed E-state index contributed by atoms with van der Waals surface area (Å²) in [4.78, 5) is 30.1. The number of carbonyl (C=O) groups excluding carboxylic acids is 2. The van der Waals surface area contributed by atoms with E-state index >= 15 is 0 Å².